The Morgan fingerprint density at radius 1 is 0.964 bits per heavy atom. The van der Waals surface area contributed by atoms with Gasteiger partial charge in [-0.25, -0.2) is 13.3 Å². The van der Waals surface area contributed by atoms with Gasteiger partial charge >= 0.3 is 0 Å². The predicted octanol–water partition coefficient (Wildman–Crippen LogP) is 3.11. The monoisotopic (exact) mass is 393 g/mol. The van der Waals surface area contributed by atoms with Gasteiger partial charge in [-0.2, -0.15) is 0 Å². The van der Waals surface area contributed by atoms with Crippen LogP contribution < -0.4 is 15.4 Å². The Morgan fingerprint density at radius 3 is 2.36 bits per heavy atom. The molecule has 7 nitrogen and oxygen atoms in total. The number of nitrogens with zero attached hydrogens (tertiary/aromatic N) is 1. The second-order valence-electron chi connectivity index (χ2n) is 6.24. The van der Waals surface area contributed by atoms with Gasteiger partial charge in [-0.1, -0.05) is 24.8 Å². The first-order valence-corrected chi connectivity index (χ1v) is 9.82. The molecule has 8 heteroatoms. The zero-order chi connectivity index (χ0) is 20.1. The Labute approximate surface area is 161 Å². The van der Waals surface area contributed by atoms with Crippen molar-refractivity contribution in [2.24, 2.45) is 0 Å². The molecule has 0 fully saturated rings. The minimum Gasteiger partial charge on any atom is -0.398 e. The molecule has 0 atom stereocenters. The van der Waals surface area contributed by atoms with Crippen LogP contribution in [0.3, 0.4) is 0 Å². The van der Waals surface area contributed by atoms with Gasteiger partial charge in [0.25, 0.3) is 21.8 Å². The molecule has 0 aliphatic carbocycles. The molecule has 0 saturated heterocycles. The Bertz CT molecular complexity index is 1260. The summed E-state index contributed by atoms with van der Waals surface area (Å²) in [4.78, 5) is 27.2. The topological polar surface area (TPSA) is 110 Å². The van der Waals surface area contributed by atoms with Crippen LogP contribution in [0.2, 0.25) is 0 Å². The van der Waals surface area contributed by atoms with Crippen LogP contribution in [0.25, 0.3) is 10.8 Å². The van der Waals surface area contributed by atoms with E-state index < -0.39 is 21.8 Å². The minimum atomic E-state index is -3.72. The van der Waals surface area contributed by atoms with Crippen molar-refractivity contribution in [3.63, 3.8) is 0 Å². The first-order chi connectivity index (χ1) is 13.3. The van der Waals surface area contributed by atoms with Gasteiger partial charge in [-0.15, -0.1) is 0 Å². The maximum Gasteiger partial charge on any atom is 0.265 e. The zero-order valence-electron chi connectivity index (χ0n) is 14.5. The number of nitrogens with two attached hydrogens (primary N) is 1. The van der Waals surface area contributed by atoms with Gasteiger partial charge in [-0.3, -0.25) is 14.3 Å². The lowest BCUT2D eigenvalue weighted by molar-refractivity contribution is 0.0893. The first kappa shape index (κ1) is 17.7. The van der Waals surface area contributed by atoms with Crippen molar-refractivity contribution in [2.45, 2.75) is 0 Å². The van der Waals surface area contributed by atoms with E-state index >= 15 is 0 Å². The molecule has 140 valence electrons. The summed E-state index contributed by atoms with van der Waals surface area (Å²) in [7, 11) is -3.72. The number of rotatable bonds is 4. The van der Waals surface area contributed by atoms with Crippen LogP contribution in [0.4, 0.5) is 17.1 Å². The molecule has 0 spiro atoms. The van der Waals surface area contributed by atoms with Crippen molar-refractivity contribution in [1.29, 1.82) is 0 Å². The molecular weight excluding hydrogens is 378 g/mol. The molecule has 2 amide bonds. The van der Waals surface area contributed by atoms with Crippen molar-refractivity contribution in [3.05, 3.63) is 77.7 Å². The molecule has 0 saturated carbocycles. The summed E-state index contributed by atoms with van der Waals surface area (Å²) in [6, 6.07) is 14.4. The summed E-state index contributed by atoms with van der Waals surface area (Å²) in [6.45, 7) is 3.24. The number of hydrogen-bond acceptors (Lipinski definition) is 5. The molecule has 4 rings (SSSR count). The second-order valence-corrected chi connectivity index (χ2v) is 7.87. The maximum absolute atomic E-state index is 13.1. The fourth-order valence-corrected chi connectivity index (χ4v) is 3.81. The van der Waals surface area contributed by atoms with E-state index in [1.165, 1.54) is 12.1 Å². The molecule has 28 heavy (non-hydrogen) atoms. The van der Waals surface area contributed by atoms with Crippen LogP contribution in [-0.2, 0) is 10.0 Å². The summed E-state index contributed by atoms with van der Waals surface area (Å²) < 4.78 is 25.7. The van der Waals surface area contributed by atoms with Crippen LogP contribution in [0, 0.1) is 0 Å². The number of amides is 2. The third-order valence-corrected chi connectivity index (χ3v) is 5.48. The summed E-state index contributed by atoms with van der Waals surface area (Å²) in [5.74, 6) is -1.00. The van der Waals surface area contributed by atoms with E-state index in [9.17, 15) is 18.0 Å². The van der Waals surface area contributed by atoms with Crippen LogP contribution in [0.15, 0.2) is 66.6 Å². The molecule has 1 aliphatic heterocycles. The van der Waals surface area contributed by atoms with Crippen molar-refractivity contribution in [1.82, 2.24) is 0 Å². The van der Waals surface area contributed by atoms with Gasteiger partial charge in [-0.05, 0) is 36.4 Å². The Balaban J connectivity index is 1.85. The van der Waals surface area contributed by atoms with Gasteiger partial charge < -0.3 is 5.73 Å². The van der Waals surface area contributed by atoms with Gasteiger partial charge in [0.05, 0.1) is 11.4 Å². The van der Waals surface area contributed by atoms with E-state index in [1.54, 1.807) is 42.5 Å². The average molecular weight is 393 g/mol. The molecule has 3 N–H and O–H groups in total. The Kier molecular flexibility index (Phi) is 3.93. The molecule has 1 aliphatic rings. The highest BCUT2D eigenvalue weighted by molar-refractivity contribution is 7.95. The quantitative estimate of drug-likeness (QED) is 0.523. The third-order valence-electron chi connectivity index (χ3n) is 4.53. The lowest BCUT2D eigenvalue weighted by Gasteiger charge is -2.27. The number of imide groups is 1. The highest BCUT2D eigenvalue weighted by Gasteiger charge is 2.34. The van der Waals surface area contributed by atoms with Gasteiger partial charge in [0.1, 0.15) is 0 Å². The van der Waals surface area contributed by atoms with Gasteiger partial charge in [0, 0.05) is 33.0 Å². The number of benzene rings is 3. The van der Waals surface area contributed by atoms with Gasteiger partial charge in [0.15, 0.2) is 0 Å². The molecule has 0 bridgehead atoms. The summed E-state index contributed by atoms with van der Waals surface area (Å²) in [6.07, 6.45) is 0. The Hall–Kier alpha value is -3.65. The molecule has 3 aromatic rings. The van der Waals surface area contributed by atoms with E-state index in [-0.39, 0.29) is 11.4 Å². The first-order valence-electron chi connectivity index (χ1n) is 8.28. The average Bonchev–Trinajstić information content (AvgIpc) is 2.67. The number of nitrogens with one attached hydrogen (secondary N) is 1. The van der Waals surface area contributed by atoms with E-state index in [4.69, 9.17) is 5.73 Å². The highest BCUT2D eigenvalue weighted by atomic mass is 32.2. The SMILES string of the molecule is C=CS(=O)(=O)Nc1cccc(N2C(=O)c3cccc4c(N)ccc(c34)C2=O)c1. The number of hydrogen-bond donors (Lipinski definition) is 2. The number of nitrogen functional groups attached to an aromatic ring is 1. The molecule has 3 aromatic carbocycles. The summed E-state index contributed by atoms with van der Waals surface area (Å²) in [5.41, 5.74) is 7.65. The van der Waals surface area contributed by atoms with Crippen LogP contribution >= 0.6 is 0 Å². The fraction of sp³-hybridized carbons (Fsp3) is 0. The van der Waals surface area contributed by atoms with E-state index in [0.29, 0.717) is 27.6 Å². The zero-order valence-corrected chi connectivity index (χ0v) is 15.4. The van der Waals surface area contributed by atoms with Crippen LogP contribution in [-0.4, -0.2) is 20.2 Å². The van der Waals surface area contributed by atoms with Gasteiger partial charge in [0.2, 0.25) is 0 Å². The molecule has 0 radical (unpaired) electrons. The van der Waals surface area contributed by atoms with Crippen molar-refractivity contribution >= 4 is 49.7 Å². The minimum absolute atomic E-state index is 0.208. The predicted molar refractivity (Wildman–Crippen MR) is 109 cm³/mol. The number of anilines is 3. The number of carbonyl (C=O) groups is 2. The smallest absolute Gasteiger partial charge is 0.265 e. The molecule has 1 heterocycles. The van der Waals surface area contributed by atoms with E-state index in [0.717, 1.165) is 10.3 Å². The van der Waals surface area contributed by atoms with E-state index in [2.05, 4.69) is 11.3 Å². The van der Waals surface area contributed by atoms with Crippen molar-refractivity contribution < 1.29 is 18.0 Å². The lowest BCUT2D eigenvalue weighted by Crippen LogP contribution is -2.40. The standard InChI is InChI=1S/C20H15N3O4S/c1-2-28(26,27)22-12-5-3-6-13(11-12)23-19(24)15-8-4-7-14-17(21)10-9-16(18(14)15)20(23)25/h2-11,22H,1,21H2. The second kappa shape index (κ2) is 6.21. The van der Waals surface area contributed by atoms with Crippen molar-refractivity contribution in [2.75, 3.05) is 15.4 Å². The summed E-state index contributed by atoms with van der Waals surface area (Å²) in [5, 5.41) is 1.94. The molecule has 0 aromatic heterocycles. The normalized spacial score (nSPS) is 13.6. The third kappa shape index (κ3) is 2.71. The number of sulfonamides is 1. The molecular formula is C20H15N3O4S. The van der Waals surface area contributed by atoms with E-state index in [1.807, 2.05) is 0 Å². The molecule has 0 unspecified atom stereocenters. The Morgan fingerprint density at radius 2 is 1.64 bits per heavy atom. The summed E-state index contributed by atoms with van der Waals surface area (Å²) >= 11 is 0. The number of carbonyl (C=O) groups excluding carboxylic acids is 2. The van der Waals surface area contributed by atoms with Crippen LogP contribution in [0.1, 0.15) is 20.7 Å². The lowest BCUT2D eigenvalue weighted by atomic mass is 9.93. The largest absolute Gasteiger partial charge is 0.398 e. The fourth-order valence-electron chi connectivity index (χ4n) is 3.27. The maximum atomic E-state index is 13.1. The van der Waals surface area contributed by atoms with Crippen LogP contribution in [0.5, 0.6) is 0 Å². The highest BCUT2D eigenvalue weighted by Crippen LogP contribution is 2.35. The van der Waals surface area contributed by atoms with Crippen molar-refractivity contribution in [3.8, 4) is 0 Å².